The molecule has 0 spiro atoms. The van der Waals surface area contributed by atoms with Gasteiger partial charge in [0.15, 0.2) is 5.69 Å². The van der Waals surface area contributed by atoms with Crippen LogP contribution < -0.4 is 5.32 Å². The summed E-state index contributed by atoms with van der Waals surface area (Å²) in [5.41, 5.74) is 0.761. The lowest BCUT2D eigenvalue weighted by atomic mass is 10.3. The predicted octanol–water partition coefficient (Wildman–Crippen LogP) is 0.476. The third-order valence-electron chi connectivity index (χ3n) is 2.54. The summed E-state index contributed by atoms with van der Waals surface area (Å²) in [4.78, 5) is 26.3. The molecular formula is C12H14N4O3S. The minimum absolute atomic E-state index is 0.0461. The fourth-order valence-corrected chi connectivity index (χ4v) is 2.39. The molecule has 1 amide bonds. The molecule has 2 heterocycles. The van der Waals surface area contributed by atoms with Gasteiger partial charge in [-0.1, -0.05) is 0 Å². The molecule has 2 aromatic heterocycles. The molecule has 0 saturated heterocycles. The van der Waals surface area contributed by atoms with Gasteiger partial charge in [0.2, 0.25) is 5.91 Å². The first-order valence-corrected chi connectivity index (χ1v) is 6.85. The predicted molar refractivity (Wildman–Crippen MR) is 72.7 cm³/mol. The number of carbonyl (C=O) groups is 2. The van der Waals surface area contributed by atoms with E-state index in [1.807, 2.05) is 0 Å². The molecule has 7 nitrogen and oxygen atoms in total. The lowest BCUT2D eigenvalue weighted by molar-refractivity contribution is -0.120. The Labute approximate surface area is 119 Å². The Morgan fingerprint density at radius 1 is 1.50 bits per heavy atom. The van der Waals surface area contributed by atoms with E-state index < -0.39 is 5.97 Å². The van der Waals surface area contributed by atoms with E-state index in [2.05, 4.69) is 15.4 Å². The maximum atomic E-state index is 11.7. The van der Waals surface area contributed by atoms with Crippen molar-refractivity contribution in [1.29, 1.82) is 0 Å². The lowest BCUT2D eigenvalue weighted by Gasteiger charge is -2.02. The number of nitrogens with zero attached hydrogens (tertiary/aromatic N) is 3. The zero-order valence-electron chi connectivity index (χ0n) is 10.9. The van der Waals surface area contributed by atoms with Gasteiger partial charge >= 0.3 is 5.97 Å². The molecule has 20 heavy (non-hydrogen) atoms. The van der Waals surface area contributed by atoms with Crippen molar-refractivity contribution in [3.05, 3.63) is 34.0 Å². The standard InChI is InChI=1S/C12H14N4O3S/c1-16-5-3-8(15-16)6-10(17)13-4-2-11-14-9(7-20-11)12(18)19/h3,5,7H,2,4,6H2,1H3,(H,13,17)(H,18,19). The van der Waals surface area contributed by atoms with Crippen molar-refractivity contribution in [2.45, 2.75) is 12.8 Å². The van der Waals surface area contributed by atoms with Crippen LogP contribution in [0.15, 0.2) is 17.6 Å². The van der Waals surface area contributed by atoms with Crippen molar-refractivity contribution >= 4 is 23.2 Å². The fourth-order valence-electron chi connectivity index (χ4n) is 1.62. The number of aryl methyl sites for hydroxylation is 1. The molecule has 8 heteroatoms. The van der Waals surface area contributed by atoms with Gasteiger partial charge in [-0.25, -0.2) is 9.78 Å². The number of hydrogen-bond donors (Lipinski definition) is 2. The van der Waals surface area contributed by atoms with Crippen LogP contribution in [0.2, 0.25) is 0 Å². The normalized spacial score (nSPS) is 10.4. The van der Waals surface area contributed by atoms with Gasteiger partial charge in [-0.05, 0) is 6.07 Å². The maximum absolute atomic E-state index is 11.7. The molecule has 0 saturated carbocycles. The first-order chi connectivity index (χ1) is 9.54. The number of nitrogens with one attached hydrogen (secondary N) is 1. The van der Waals surface area contributed by atoms with E-state index in [0.29, 0.717) is 23.7 Å². The van der Waals surface area contributed by atoms with Gasteiger partial charge < -0.3 is 10.4 Å². The monoisotopic (exact) mass is 294 g/mol. The van der Waals surface area contributed by atoms with Gasteiger partial charge in [-0.15, -0.1) is 11.3 Å². The minimum Gasteiger partial charge on any atom is -0.476 e. The van der Waals surface area contributed by atoms with Crippen LogP contribution in [0.25, 0.3) is 0 Å². The van der Waals surface area contributed by atoms with Crippen LogP contribution in [0.1, 0.15) is 21.2 Å². The van der Waals surface area contributed by atoms with Crippen LogP contribution in [-0.4, -0.2) is 38.3 Å². The fraction of sp³-hybridized carbons (Fsp3) is 0.333. The Morgan fingerprint density at radius 3 is 2.90 bits per heavy atom. The van der Waals surface area contributed by atoms with Crippen molar-refractivity contribution in [2.24, 2.45) is 7.05 Å². The van der Waals surface area contributed by atoms with E-state index in [4.69, 9.17) is 5.11 Å². The zero-order valence-corrected chi connectivity index (χ0v) is 11.7. The highest BCUT2D eigenvalue weighted by Crippen LogP contribution is 2.09. The Balaban J connectivity index is 1.74. The molecular weight excluding hydrogens is 280 g/mol. The van der Waals surface area contributed by atoms with Crippen molar-refractivity contribution in [3.63, 3.8) is 0 Å². The van der Waals surface area contributed by atoms with Crippen LogP contribution in [0, 0.1) is 0 Å². The second-order valence-electron chi connectivity index (χ2n) is 4.19. The second-order valence-corrected chi connectivity index (χ2v) is 5.13. The molecule has 2 aromatic rings. The number of carbonyl (C=O) groups excluding carboxylic acids is 1. The van der Waals surface area contributed by atoms with E-state index >= 15 is 0 Å². The average molecular weight is 294 g/mol. The summed E-state index contributed by atoms with van der Waals surface area (Å²) >= 11 is 1.28. The number of aromatic nitrogens is 3. The maximum Gasteiger partial charge on any atom is 0.355 e. The Hall–Kier alpha value is -2.22. The molecule has 106 valence electrons. The van der Waals surface area contributed by atoms with Crippen LogP contribution in [0.5, 0.6) is 0 Å². The van der Waals surface area contributed by atoms with E-state index in [1.54, 1.807) is 24.0 Å². The molecule has 0 aliphatic rings. The van der Waals surface area contributed by atoms with Gasteiger partial charge in [0, 0.05) is 31.6 Å². The van der Waals surface area contributed by atoms with Crippen molar-refractivity contribution in [1.82, 2.24) is 20.1 Å². The highest BCUT2D eigenvalue weighted by molar-refractivity contribution is 7.09. The number of amides is 1. The highest BCUT2D eigenvalue weighted by atomic mass is 32.1. The molecule has 0 aliphatic heterocycles. The molecule has 2 N–H and O–H groups in total. The number of rotatable bonds is 6. The summed E-state index contributed by atoms with van der Waals surface area (Å²) in [6, 6.07) is 1.79. The molecule has 0 aromatic carbocycles. The Morgan fingerprint density at radius 2 is 2.30 bits per heavy atom. The van der Waals surface area contributed by atoms with Crippen LogP contribution in [0.3, 0.4) is 0 Å². The first kappa shape index (κ1) is 14.2. The van der Waals surface area contributed by atoms with Crippen molar-refractivity contribution in [3.8, 4) is 0 Å². The van der Waals surface area contributed by atoms with Crippen molar-refractivity contribution < 1.29 is 14.7 Å². The van der Waals surface area contributed by atoms with Crippen LogP contribution >= 0.6 is 11.3 Å². The van der Waals surface area contributed by atoms with E-state index in [-0.39, 0.29) is 18.0 Å². The molecule has 0 radical (unpaired) electrons. The topological polar surface area (TPSA) is 97.1 Å². The minimum atomic E-state index is -1.04. The van der Waals surface area contributed by atoms with Crippen LogP contribution in [0.4, 0.5) is 0 Å². The van der Waals surface area contributed by atoms with E-state index in [9.17, 15) is 9.59 Å². The highest BCUT2D eigenvalue weighted by Gasteiger charge is 2.09. The molecule has 0 unspecified atom stereocenters. The number of aromatic carboxylic acids is 1. The summed E-state index contributed by atoms with van der Waals surface area (Å²) in [6.07, 6.45) is 2.54. The van der Waals surface area contributed by atoms with Crippen molar-refractivity contribution in [2.75, 3.05) is 6.54 Å². The van der Waals surface area contributed by atoms with E-state index in [0.717, 1.165) is 0 Å². The summed E-state index contributed by atoms with van der Waals surface area (Å²) in [5.74, 6) is -1.15. The zero-order chi connectivity index (χ0) is 14.5. The second kappa shape index (κ2) is 6.29. The summed E-state index contributed by atoms with van der Waals surface area (Å²) in [7, 11) is 1.80. The molecule has 0 aliphatic carbocycles. The van der Waals surface area contributed by atoms with Gasteiger partial charge in [-0.2, -0.15) is 5.10 Å². The summed E-state index contributed by atoms with van der Waals surface area (Å²) in [5, 5.41) is 17.8. The quantitative estimate of drug-likeness (QED) is 0.807. The number of carboxylic acids is 1. The smallest absolute Gasteiger partial charge is 0.355 e. The lowest BCUT2D eigenvalue weighted by Crippen LogP contribution is -2.27. The SMILES string of the molecule is Cn1ccc(CC(=O)NCCc2nc(C(=O)O)cs2)n1. The third kappa shape index (κ3) is 3.89. The Bertz CT molecular complexity index is 620. The van der Waals surface area contributed by atoms with Gasteiger partial charge in [0.1, 0.15) is 0 Å². The third-order valence-corrected chi connectivity index (χ3v) is 3.45. The summed E-state index contributed by atoms with van der Waals surface area (Å²) < 4.78 is 1.64. The number of carboxylic acid groups (broad SMARTS) is 1. The molecule has 0 atom stereocenters. The number of hydrogen-bond acceptors (Lipinski definition) is 5. The largest absolute Gasteiger partial charge is 0.476 e. The first-order valence-electron chi connectivity index (χ1n) is 5.97. The van der Waals surface area contributed by atoms with Gasteiger partial charge in [0.05, 0.1) is 17.1 Å². The summed E-state index contributed by atoms with van der Waals surface area (Å²) in [6.45, 7) is 0.429. The Kier molecular flexibility index (Phi) is 4.46. The molecule has 0 fully saturated rings. The van der Waals surface area contributed by atoms with Crippen LogP contribution in [-0.2, 0) is 24.7 Å². The van der Waals surface area contributed by atoms with Gasteiger partial charge in [-0.3, -0.25) is 9.48 Å². The van der Waals surface area contributed by atoms with Gasteiger partial charge in [0.25, 0.3) is 0 Å². The molecule has 0 bridgehead atoms. The molecule has 2 rings (SSSR count). The number of thiazole rings is 1. The average Bonchev–Trinajstić information content (AvgIpc) is 2.99. The van der Waals surface area contributed by atoms with E-state index in [1.165, 1.54) is 16.7 Å².